The molecule has 3 unspecified atom stereocenters. The quantitative estimate of drug-likeness (QED) is 0.920. The van der Waals surface area contributed by atoms with E-state index in [2.05, 4.69) is 10.1 Å². The zero-order valence-electron chi connectivity index (χ0n) is 11.8. The molecule has 2 saturated heterocycles. The monoisotopic (exact) mass is 305 g/mol. The molecular weight excluding hydrogens is 286 g/mol. The molecule has 112 valence electrons. The Kier molecular flexibility index (Phi) is 3.40. The van der Waals surface area contributed by atoms with Crippen LogP contribution in [0.5, 0.6) is 0 Å². The summed E-state index contributed by atoms with van der Waals surface area (Å²) in [5.74, 6) is 2.47. The summed E-state index contributed by atoms with van der Waals surface area (Å²) in [7, 11) is 0. The van der Waals surface area contributed by atoms with Crippen molar-refractivity contribution in [1.29, 1.82) is 0 Å². The van der Waals surface area contributed by atoms with Crippen LogP contribution in [0.2, 0.25) is 0 Å². The van der Waals surface area contributed by atoms with Crippen molar-refractivity contribution in [3.05, 3.63) is 30.4 Å². The van der Waals surface area contributed by atoms with Gasteiger partial charge in [0.25, 0.3) is 0 Å². The summed E-state index contributed by atoms with van der Waals surface area (Å²) in [6.45, 7) is 0.750. The minimum atomic E-state index is -0.488. The summed E-state index contributed by atoms with van der Waals surface area (Å²) in [6, 6.07) is 0. The molecule has 2 aliphatic rings. The lowest BCUT2D eigenvalue weighted by atomic mass is 9.80. The molecule has 4 rings (SSSR count). The van der Waals surface area contributed by atoms with Crippen LogP contribution in [0, 0.1) is 5.92 Å². The highest BCUT2D eigenvalue weighted by atomic mass is 32.2. The number of fused-ring (bicyclic) bond motifs is 1. The number of thioether (sulfide) groups is 1. The predicted octanol–water partition coefficient (Wildman–Crippen LogP) is 2.06. The van der Waals surface area contributed by atoms with Crippen molar-refractivity contribution < 1.29 is 9.84 Å². The lowest BCUT2D eigenvalue weighted by Gasteiger charge is -2.39. The SMILES string of the molecule is OC(c1cnn2ccncc12)C1CCOC2(CCSC2)C1. The van der Waals surface area contributed by atoms with Gasteiger partial charge in [-0.2, -0.15) is 16.9 Å². The molecule has 2 aromatic rings. The fraction of sp³-hybridized carbons (Fsp3) is 0.600. The minimum absolute atomic E-state index is 0.00419. The maximum atomic E-state index is 10.8. The van der Waals surface area contributed by atoms with Gasteiger partial charge in [-0.15, -0.1) is 0 Å². The van der Waals surface area contributed by atoms with Crippen molar-refractivity contribution in [3.8, 4) is 0 Å². The van der Waals surface area contributed by atoms with Gasteiger partial charge < -0.3 is 9.84 Å². The standard InChI is InChI=1S/C15H19N3O2S/c19-14(12-8-17-18-4-3-16-9-13(12)18)11-1-5-20-15(7-11)2-6-21-10-15/h3-4,8-9,11,14,19H,1-2,5-7,10H2. The molecule has 6 heteroatoms. The summed E-state index contributed by atoms with van der Waals surface area (Å²) in [6.07, 6.45) is 9.53. The Hall–Kier alpha value is -1.11. The van der Waals surface area contributed by atoms with Crippen LogP contribution >= 0.6 is 11.8 Å². The van der Waals surface area contributed by atoms with E-state index in [9.17, 15) is 5.11 Å². The molecule has 0 aromatic carbocycles. The first-order chi connectivity index (χ1) is 10.3. The summed E-state index contributed by atoms with van der Waals surface area (Å²) in [4.78, 5) is 4.14. The molecular formula is C15H19N3O2S. The Morgan fingerprint density at radius 3 is 3.29 bits per heavy atom. The maximum Gasteiger partial charge on any atom is 0.0903 e. The highest BCUT2D eigenvalue weighted by Gasteiger charge is 2.42. The Morgan fingerprint density at radius 1 is 1.48 bits per heavy atom. The molecule has 1 spiro atoms. The average molecular weight is 305 g/mol. The predicted molar refractivity (Wildman–Crippen MR) is 81.3 cm³/mol. The van der Waals surface area contributed by atoms with Crippen molar-refractivity contribution in [2.45, 2.75) is 31.0 Å². The molecule has 0 bridgehead atoms. The number of aliphatic hydroxyl groups is 1. The summed E-state index contributed by atoms with van der Waals surface area (Å²) in [5.41, 5.74) is 1.78. The molecule has 0 radical (unpaired) electrons. The number of hydrogen-bond donors (Lipinski definition) is 1. The summed E-state index contributed by atoms with van der Waals surface area (Å²) >= 11 is 1.96. The van der Waals surface area contributed by atoms with E-state index in [0.717, 1.165) is 42.7 Å². The summed E-state index contributed by atoms with van der Waals surface area (Å²) < 4.78 is 7.82. The van der Waals surface area contributed by atoms with Crippen molar-refractivity contribution in [2.24, 2.45) is 5.92 Å². The number of ether oxygens (including phenoxy) is 1. The van der Waals surface area contributed by atoms with Crippen molar-refractivity contribution >= 4 is 17.3 Å². The second-order valence-electron chi connectivity index (χ2n) is 6.04. The maximum absolute atomic E-state index is 10.8. The molecule has 3 atom stereocenters. The Bertz CT molecular complexity index is 639. The zero-order valence-corrected chi connectivity index (χ0v) is 12.6. The minimum Gasteiger partial charge on any atom is -0.388 e. The highest BCUT2D eigenvalue weighted by Crippen LogP contribution is 2.44. The first-order valence-electron chi connectivity index (χ1n) is 7.44. The van der Waals surface area contributed by atoms with Gasteiger partial charge in [-0.3, -0.25) is 4.98 Å². The van der Waals surface area contributed by atoms with E-state index >= 15 is 0 Å². The van der Waals surface area contributed by atoms with Gasteiger partial charge >= 0.3 is 0 Å². The molecule has 0 saturated carbocycles. The van der Waals surface area contributed by atoms with E-state index in [1.807, 2.05) is 18.0 Å². The topological polar surface area (TPSA) is 59.7 Å². The van der Waals surface area contributed by atoms with E-state index in [0.29, 0.717) is 0 Å². The number of rotatable bonds is 2. The van der Waals surface area contributed by atoms with E-state index in [4.69, 9.17) is 4.74 Å². The van der Waals surface area contributed by atoms with Crippen LogP contribution in [0.15, 0.2) is 24.8 Å². The largest absolute Gasteiger partial charge is 0.388 e. The average Bonchev–Trinajstić information content (AvgIpc) is 3.14. The second-order valence-corrected chi connectivity index (χ2v) is 7.14. The van der Waals surface area contributed by atoms with Crippen LogP contribution in [-0.2, 0) is 4.74 Å². The third-order valence-electron chi connectivity index (χ3n) is 4.72. The highest BCUT2D eigenvalue weighted by molar-refractivity contribution is 7.99. The molecule has 1 N–H and O–H groups in total. The van der Waals surface area contributed by atoms with E-state index in [-0.39, 0.29) is 11.5 Å². The number of aromatic nitrogens is 3. The van der Waals surface area contributed by atoms with Gasteiger partial charge in [0.05, 0.1) is 29.6 Å². The zero-order chi connectivity index (χ0) is 14.3. The Labute approximate surface area is 127 Å². The second kappa shape index (κ2) is 5.26. The van der Waals surface area contributed by atoms with Gasteiger partial charge in [0.15, 0.2) is 0 Å². The third kappa shape index (κ3) is 2.35. The fourth-order valence-electron chi connectivity index (χ4n) is 3.53. The normalized spacial score (nSPS) is 31.0. The molecule has 0 amide bonds. The van der Waals surface area contributed by atoms with Gasteiger partial charge in [0.1, 0.15) is 0 Å². The van der Waals surface area contributed by atoms with E-state index in [1.54, 1.807) is 23.1 Å². The fourth-order valence-corrected chi connectivity index (χ4v) is 4.91. The van der Waals surface area contributed by atoms with Crippen LogP contribution in [-0.4, -0.2) is 43.4 Å². The number of nitrogens with zero attached hydrogens (tertiary/aromatic N) is 3. The lowest BCUT2D eigenvalue weighted by Crippen LogP contribution is -2.41. The first-order valence-corrected chi connectivity index (χ1v) is 8.60. The molecule has 2 aliphatic heterocycles. The van der Waals surface area contributed by atoms with E-state index < -0.39 is 6.10 Å². The van der Waals surface area contributed by atoms with Crippen LogP contribution in [0.4, 0.5) is 0 Å². The van der Waals surface area contributed by atoms with Crippen LogP contribution in [0.1, 0.15) is 30.9 Å². The number of aliphatic hydroxyl groups excluding tert-OH is 1. The van der Waals surface area contributed by atoms with Gasteiger partial charge in [0, 0.05) is 30.3 Å². The van der Waals surface area contributed by atoms with Crippen molar-refractivity contribution in [2.75, 3.05) is 18.1 Å². The van der Waals surface area contributed by atoms with Crippen LogP contribution in [0.25, 0.3) is 5.52 Å². The van der Waals surface area contributed by atoms with Crippen LogP contribution in [0.3, 0.4) is 0 Å². The lowest BCUT2D eigenvalue weighted by molar-refractivity contribution is -0.101. The molecule has 21 heavy (non-hydrogen) atoms. The smallest absolute Gasteiger partial charge is 0.0903 e. The molecule has 2 fully saturated rings. The van der Waals surface area contributed by atoms with Gasteiger partial charge in [-0.1, -0.05) is 0 Å². The van der Waals surface area contributed by atoms with Crippen molar-refractivity contribution in [3.63, 3.8) is 0 Å². The molecule has 5 nitrogen and oxygen atoms in total. The van der Waals surface area contributed by atoms with E-state index in [1.165, 1.54) is 5.75 Å². The Morgan fingerprint density at radius 2 is 2.43 bits per heavy atom. The molecule has 0 aliphatic carbocycles. The first kappa shape index (κ1) is 13.5. The van der Waals surface area contributed by atoms with Gasteiger partial charge in [0.2, 0.25) is 0 Å². The number of hydrogen-bond acceptors (Lipinski definition) is 5. The van der Waals surface area contributed by atoms with Gasteiger partial charge in [-0.25, -0.2) is 4.52 Å². The molecule has 4 heterocycles. The van der Waals surface area contributed by atoms with Gasteiger partial charge in [-0.05, 0) is 30.9 Å². The third-order valence-corrected chi connectivity index (χ3v) is 5.94. The Balaban J connectivity index is 1.60. The molecule has 2 aromatic heterocycles. The van der Waals surface area contributed by atoms with Crippen molar-refractivity contribution in [1.82, 2.24) is 14.6 Å². The summed E-state index contributed by atoms with van der Waals surface area (Å²) in [5, 5.41) is 15.1. The van der Waals surface area contributed by atoms with Crippen LogP contribution < -0.4 is 0 Å².